The SMILES string of the molecule is C#CC(N)c1c(F)cccc1F. The highest BCUT2D eigenvalue weighted by Crippen LogP contribution is 2.17. The van der Waals surface area contributed by atoms with Crippen molar-refractivity contribution < 1.29 is 8.78 Å². The molecule has 0 spiro atoms. The van der Waals surface area contributed by atoms with Crippen LogP contribution in [0.25, 0.3) is 0 Å². The van der Waals surface area contributed by atoms with E-state index in [1.165, 1.54) is 6.07 Å². The zero-order chi connectivity index (χ0) is 9.14. The highest BCUT2D eigenvalue weighted by molar-refractivity contribution is 5.28. The Morgan fingerprint density at radius 3 is 2.25 bits per heavy atom. The summed E-state index contributed by atoms with van der Waals surface area (Å²) in [6.45, 7) is 0. The van der Waals surface area contributed by atoms with Gasteiger partial charge in [-0.25, -0.2) is 8.78 Å². The van der Waals surface area contributed by atoms with Crippen LogP contribution >= 0.6 is 0 Å². The largest absolute Gasteiger partial charge is 0.314 e. The predicted molar refractivity (Wildman–Crippen MR) is 42.1 cm³/mol. The van der Waals surface area contributed by atoms with Crippen LogP contribution < -0.4 is 5.73 Å². The second kappa shape index (κ2) is 3.33. The molecule has 2 N–H and O–H groups in total. The van der Waals surface area contributed by atoms with E-state index in [2.05, 4.69) is 5.92 Å². The molecule has 0 fully saturated rings. The summed E-state index contributed by atoms with van der Waals surface area (Å²) < 4.78 is 25.7. The van der Waals surface area contributed by atoms with E-state index in [9.17, 15) is 8.78 Å². The first-order valence-electron chi connectivity index (χ1n) is 3.32. The molecule has 1 rings (SSSR count). The van der Waals surface area contributed by atoms with Crippen molar-refractivity contribution in [2.45, 2.75) is 6.04 Å². The van der Waals surface area contributed by atoms with Gasteiger partial charge in [0.15, 0.2) is 0 Å². The standard InChI is InChI=1S/C9H7F2N/c1-2-8(12)9-6(10)4-3-5-7(9)11/h1,3-5,8H,12H2. The first kappa shape index (κ1) is 8.69. The highest BCUT2D eigenvalue weighted by Gasteiger charge is 2.13. The zero-order valence-electron chi connectivity index (χ0n) is 6.22. The van der Waals surface area contributed by atoms with Crippen LogP contribution in [0.4, 0.5) is 8.78 Å². The van der Waals surface area contributed by atoms with Crippen LogP contribution in [0.15, 0.2) is 18.2 Å². The van der Waals surface area contributed by atoms with Crippen LogP contribution in [0.3, 0.4) is 0 Å². The zero-order valence-corrected chi connectivity index (χ0v) is 6.22. The van der Waals surface area contributed by atoms with Gasteiger partial charge in [-0.1, -0.05) is 12.0 Å². The molecule has 12 heavy (non-hydrogen) atoms. The van der Waals surface area contributed by atoms with Gasteiger partial charge in [0.2, 0.25) is 0 Å². The van der Waals surface area contributed by atoms with E-state index in [1.807, 2.05) is 0 Å². The molecule has 0 aromatic heterocycles. The quantitative estimate of drug-likeness (QED) is 0.631. The van der Waals surface area contributed by atoms with E-state index < -0.39 is 17.7 Å². The van der Waals surface area contributed by atoms with Gasteiger partial charge in [0, 0.05) is 0 Å². The van der Waals surface area contributed by atoms with Crippen molar-refractivity contribution in [3.05, 3.63) is 35.4 Å². The molecular weight excluding hydrogens is 160 g/mol. The van der Waals surface area contributed by atoms with Gasteiger partial charge in [0.05, 0.1) is 11.6 Å². The van der Waals surface area contributed by atoms with E-state index in [0.717, 1.165) is 12.1 Å². The van der Waals surface area contributed by atoms with Crippen molar-refractivity contribution in [2.24, 2.45) is 5.73 Å². The molecule has 0 amide bonds. The Balaban J connectivity index is 3.23. The minimum absolute atomic E-state index is 0.250. The number of nitrogens with two attached hydrogens (primary N) is 1. The third-order valence-corrected chi connectivity index (χ3v) is 1.49. The first-order valence-corrected chi connectivity index (χ1v) is 3.32. The Morgan fingerprint density at radius 2 is 1.83 bits per heavy atom. The molecule has 0 bridgehead atoms. The maximum absolute atomic E-state index is 12.9. The van der Waals surface area contributed by atoms with Crippen molar-refractivity contribution in [2.75, 3.05) is 0 Å². The maximum Gasteiger partial charge on any atom is 0.131 e. The normalized spacial score (nSPS) is 12.2. The van der Waals surface area contributed by atoms with Crippen LogP contribution in [-0.2, 0) is 0 Å². The molecular formula is C9H7F2N. The van der Waals surface area contributed by atoms with Gasteiger partial charge in [-0.15, -0.1) is 6.42 Å². The lowest BCUT2D eigenvalue weighted by molar-refractivity contribution is 0.549. The minimum atomic E-state index is -1.02. The van der Waals surface area contributed by atoms with Crippen molar-refractivity contribution in [3.63, 3.8) is 0 Å². The maximum atomic E-state index is 12.9. The van der Waals surface area contributed by atoms with Crippen molar-refractivity contribution in [3.8, 4) is 12.3 Å². The summed E-state index contributed by atoms with van der Waals surface area (Å²) in [6.07, 6.45) is 4.93. The van der Waals surface area contributed by atoms with Crippen LogP contribution in [0.5, 0.6) is 0 Å². The Morgan fingerprint density at radius 1 is 1.33 bits per heavy atom. The summed E-state index contributed by atoms with van der Waals surface area (Å²) in [7, 11) is 0. The second-order valence-corrected chi connectivity index (χ2v) is 2.28. The second-order valence-electron chi connectivity index (χ2n) is 2.28. The molecule has 1 aromatic rings. The number of rotatable bonds is 1. The van der Waals surface area contributed by atoms with Gasteiger partial charge >= 0.3 is 0 Å². The molecule has 0 saturated carbocycles. The van der Waals surface area contributed by atoms with Crippen molar-refractivity contribution in [1.29, 1.82) is 0 Å². The third kappa shape index (κ3) is 1.44. The summed E-state index contributed by atoms with van der Waals surface area (Å²) >= 11 is 0. The van der Waals surface area contributed by atoms with Gasteiger partial charge in [-0.05, 0) is 12.1 Å². The summed E-state index contributed by atoms with van der Waals surface area (Å²) in [5.74, 6) is 0.645. The van der Waals surface area contributed by atoms with Gasteiger partial charge in [0.25, 0.3) is 0 Å². The van der Waals surface area contributed by atoms with Crippen molar-refractivity contribution >= 4 is 0 Å². The number of hydrogen-bond donors (Lipinski definition) is 1. The van der Waals surface area contributed by atoms with E-state index in [0.29, 0.717) is 0 Å². The molecule has 1 atom stereocenters. The summed E-state index contributed by atoms with van der Waals surface area (Å²) in [5.41, 5.74) is 5.03. The fraction of sp³-hybridized carbons (Fsp3) is 0.111. The summed E-state index contributed by atoms with van der Waals surface area (Å²) in [5, 5.41) is 0. The molecule has 0 aliphatic heterocycles. The average Bonchev–Trinajstić information content (AvgIpc) is 2.03. The van der Waals surface area contributed by atoms with E-state index in [1.54, 1.807) is 0 Å². The lowest BCUT2D eigenvalue weighted by atomic mass is 10.1. The minimum Gasteiger partial charge on any atom is -0.314 e. The van der Waals surface area contributed by atoms with Gasteiger partial charge in [-0.2, -0.15) is 0 Å². The lowest BCUT2D eigenvalue weighted by Gasteiger charge is -2.06. The molecule has 0 aliphatic rings. The summed E-state index contributed by atoms with van der Waals surface area (Å²) in [6, 6.07) is 2.48. The van der Waals surface area contributed by atoms with Crippen LogP contribution in [0.2, 0.25) is 0 Å². The monoisotopic (exact) mass is 167 g/mol. The van der Waals surface area contributed by atoms with E-state index in [4.69, 9.17) is 12.2 Å². The Hall–Kier alpha value is -1.40. The Labute approximate surface area is 69.2 Å². The van der Waals surface area contributed by atoms with E-state index >= 15 is 0 Å². The molecule has 0 heterocycles. The summed E-state index contributed by atoms with van der Waals surface area (Å²) in [4.78, 5) is 0. The first-order chi connectivity index (χ1) is 5.66. The predicted octanol–water partition coefficient (Wildman–Crippen LogP) is 1.60. The average molecular weight is 167 g/mol. The molecule has 1 unspecified atom stereocenters. The fourth-order valence-electron chi connectivity index (χ4n) is 0.891. The van der Waals surface area contributed by atoms with Crippen molar-refractivity contribution in [1.82, 2.24) is 0 Å². The van der Waals surface area contributed by atoms with Gasteiger partial charge in [-0.3, -0.25) is 0 Å². The third-order valence-electron chi connectivity index (χ3n) is 1.49. The van der Waals surface area contributed by atoms with Crippen LogP contribution in [0, 0.1) is 24.0 Å². The topological polar surface area (TPSA) is 26.0 Å². The smallest absolute Gasteiger partial charge is 0.131 e. The number of benzene rings is 1. The van der Waals surface area contributed by atoms with Gasteiger partial charge in [0.1, 0.15) is 11.6 Å². The molecule has 1 aromatic carbocycles. The number of terminal acetylenes is 1. The van der Waals surface area contributed by atoms with Crippen LogP contribution in [-0.4, -0.2) is 0 Å². The Kier molecular flexibility index (Phi) is 2.41. The molecule has 0 radical (unpaired) electrons. The molecule has 0 saturated heterocycles. The molecule has 1 nitrogen and oxygen atoms in total. The van der Waals surface area contributed by atoms with E-state index in [-0.39, 0.29) is 5.56 Å². The Bertz CT molecular complexity index is 308. The lowest BCUT2D eigenvalue weighted by Crippen LogP contribution is -2.11. The fourth-order valence-corrected chi connectivity index (χ4v) is 0.891. The number of halogens is 2. The molecule has 3 heteroatoms. The molecule has 0 aliphatic carbocycles. The van der Waals surface area contributed by atoms with Gasteiger partial charge < -0.3 is 5.73 Å². The molecule has 62 valence electrons. The van der Waals surface area contributed by atoms with Crippen LogP contribution in [0.1, 0.15) is 11.6 Å². The highest BCUT2D eigenvalue weighted by atomic mass is 19.1. The number of hydrogen-bond acceptors (Lipinski definition) is 1.